The number of aryl methyl sites for hydroxylation is 2. The smallest absolute Gasteiger partial charge is 0.176 e. The molecule has 1 N–H and O–H groups in total. The number of phenols is 1. The summed E-state index contributed by atoms with van der Waals surface area (Å²) >= 11 is 1.39. The molecule has 0 heterocycles. The monoisotopic (exact) mass is 290 g/mol. The number of ketones is 1. The lowest BCUT2D eigenvalue weighted by atomic mass is 10.1. The quantitative estimate of drug-likeness (QED) is 0.679. The number of Topliss-reactive ketones (excluding diaryl/α,β-unsaturated/α-hetero) is 1. The van der Waals surface area contributed by atoms with E-state index >= 15 is 0 Å². The fraction of sp³-hybridized carbons (Fsp3) is 0.188. The summed E-state index contributed by atoms with van der Waals surface area (Å²) in [5.41, 5.74) is 2.30. The van der Waals surface area contributed by atoms with Crippen molar-refractivity contribution in [1.82, 2.24) is 0 Å². The number of hydrogen-bond donors (Lipinski definition) is 1. The van der Waals surface area contributed by atoms with E-state index in [2.05, 4.69) is 0 Å². The van der Waals surface area contributed by atoms with Crippen LogP contribution in [0.15, 0.2) is 41.3 Å². The van der Waals surface area contributed by atoms with Crippen molar-refractivity contribution in [3.63, 3.8) is 0 Å². The summed E-state index contributed by atoms with van der Waals surface area (Å²) < 4.78 is 13.1. The molecule has 0 radical (unpaired) electrons. The molecule has 0 amide bonds. The Kier molecular flexibility index (Phi) is 4.45. The van der Waals surface area contributed by atoms with Gasteiger partial charge in [0, 0.05) is 4.90 Å². The molecule has 2 aromatic rings. The first-order valence-electron chi connectivity index (χ1n) is 6.19. The highest BCUT2D eigenvalue weighted by Crippen LogP contribution is 2.26. The Hall–Kier alpha value is -1.81. The maximum Gasteiger partial charge on any atom is 0.176 e. The summed E-state index contributed by atoms with van der Waals surface area (Å²) in [4.78, 5) is 13.0. The molecule has 2 aromatic carbocycles. The molecular formula is C16H15FO2S. The van der Waals surface area contributed by atoms with E-state index in [4.69, 9.17) is 0 Å². The number of aromatic hydroxyl groups is 1. The van der Waals surface area contributed by atoms with Crippen molar-refractivity contribution in [3.05, 3.63) is 58.9 Å². The highest BCUT2D eigenvalue weighted by atomic mass is 32.2. The molecule has 0 saturated heterocycles. The van der Waals surface area contributed by atoms with Crippen LogP contribution in [-0.4, -0.2) is 16.6 Å². The lowest BCUT2D eigenvalue weighted by Crippen LogP contribution is -2.03. The molecule has 0 fully saturated rings. The van der Waals surface area contributed by atoms with E-state index in [1.54, 1.807) is 0 Å². The molecule has 0 aromatic heterocycles. The Bertz CT molecular complexity index is 653. The fourth-order valence-electron chi connectivity index (χ4n) is 1.91. The maximum absolute atomic E-state index is 13.1. The highest BCUT2D eigenvalue weighted by molar-refractivity contribution is 8.00. The molecule has 104 valence electrons. The van der Waals surface area contributed by atoms with Crippen molar-refractivity contribution in [3.8, 4) is 5.75 Å². The second-order valence-corrected chi connectivity index (χ2v) is 5.66. The molecule has 0 spiro atoms. The van der Waals surface area contributed by atoms with Crippen molar-refractivity contribution >= 4 is 17.5 Å². The first-order chi connectivity index (χ1) is 9.47. The molecule has 20 heavy (non-hydrogen) atoms. The summed E-state index contributed by atoms with van der Waals surface area (Å²) in [5.74, 6) is -0.826. The minimum absolute atomic E-state index is 0.0299. The molecule has 0 aliphatic rings. The second-order valence-electron chi connectivity index (χ2n) is 4.64. The number of carbonyl (C=O) groups excluding carboxylic acids is 1. The first-order valence-corrected chi connectivity index (χ1v) is 7.17. The van der Waals surface area contributed by atoms with Gasteiger partial charge in [0.15, 0.2) is 5.78 Å². The number of hydrogen-bond acceptors (Lipinski definition) is 3. The van der Waals surface area contributed by atoms with Gasteiger partial charge >= 0.3 is 0 Å². The number of rotatable bonds is 4. The van der Waals surface area contributed by atoms with Crippen molar-refractivity contribution < 1.29 is 14.3 Å². The number of phenolic OH excluding ortho intramolecular Hbond substituents is 1. The van der Waals surface area contributed by atoms with Crippen molar-refractivity contribution in [2.75, 3.05) is 5.75 Å². The SMILES string of the molecule is Cc1ccc(SCC(=O)c2cc(F)ccc2O)c(C)c1. The van der Waals surface area contributed by atoms with E-state index < -0.39 is 5.82 Å². The number of carbonyl (C=O) groups is 1. The summed E-state index contributed by atoms with van der Waals surface area (Å²) in [6.45, 7) is 4.00. The number of benzene rings is 2. The van der Waals surface area contributed by atoms with Gasteiger partial charge in [-0.15, -0.1) is 11.8 Å². The van der Waals surface area contributed by atoms with Gasteiger partial charge in [-0.3, -0.25) is 4.79 Å². The first kappa shape index (κ1) is 14.6. The average Bonchev–Trinajstić information content (AvgIpc) is 2.40. The molecule has 0 aliphatic carbocycles. The van der Waals surface area contributed by atoms with Gasteiger partial charge in [-0.25, -0.2) is 4.39 Å². The molecule has 0 aliphatic heterocycles. The maximum atomic E-state index is 13.1. The van der Waals surface area contributed by atoms with E-state index in [9.17, 15) is 14.3 Å². The van der Waals surface area contributed by atoms with Gasteiger partial charge in [-0.1, -0.05) is 17.7 Å². The predicted molar refractivity (Wildman–Crippen MR) is 79.0 cm³/mol. The molecular weight excluding hydrogens is 275 g/mol. The minimum atomic E-state index is -0.525. The van der Waals surface area contributed by atoms with Crippen molar-refractivity contribution in [2.45, 2.75) is 18.7 Å². The second kappa shape index (κ2) is 6.09. The van der Waals surface area contributed by atoms with Crippen LogP contribution in [0.4, 0.5) is 4.39 Å². The minimum Gasteiger partial charge on any atom is -0.507 e. The van der Waals surface area contributed by atoms with E-state index in [0.717, 1.165) is 22.6 Å². The van der Waals surface area contributed by atoms with E-state index in [1.165, 1.54) is 23.4 Å². The van der Waals surface area contributed by atoms with E-state index in [1.807, 2.05) is 32.0 Å². The van der Waals surface area contributed by atoms with Gasteiger partial charge in [0.2, 0.25) is 0 Å². The third-order valence-corrected chi connectivity index (χ3v) is 4.12. The van der Waals surface area contributed by atoms with E-state index in [0.29, 0.717) is 0 Å². The molecule has 0 unspecified atom stereocenters. The largest absolute Gasteiger partial charge is 0.507 e. The third-order valence-electron chi connectivity index (χ3n) is 2.95. The zero-order valence-corrected chi connectivity index (χ0v) is 12.1. The van der Waals surface area contributed by atoms with Crippen LogP contribution in [0.5, 0.6) is 5.75 Å². The summed E-state index contributed by atoms with van der Waals surface area (Å²) in [7, 11) is 0. The normalized spacial score (nSPS) is 10.6. The topological polar surface area (TPSA) is 37.3 Å². The van der Waals surface area contributed by atoms with Gasteiger partial charge in [-0.2, -0.15) is 0 Å². The molecule has 2 nitrogen and oxygen atoms in total. The zero-order chi connectivity index (χ0) is 14.7. The Morgan fingerprint density at radius 3 is 2.65 bits per heavy atom. The fourth-order valence-corrected chi connectivity index (χ4v) is 2.81. The van der Waals surface area contributed by atoms with Crippen LogP contribution in [0.25, 0.3) is 0 Å². The lowest BCUT2D eigenvalue weighted by Gasteiger charge is -2.07. The van der Waals surface area contributed by atoms with Gasteiger partial charge in [-0.05, 0) is 43.7 Å². The molecule has 0 saturated carbocycles. The van der Waals surface area contributed by atoms with Crippen LogP contribution in [-0.2, 0) is 0 Å². The average molecular weight is 290 g/mol. The van der Waals surface area contributed by atoms with Gasteiger partial charge < -0.3 is 5.11 Å². The summed E-state index contributed by atoms with van der Waals surface area (Å²) in [6.07, 6.45) is 0. The van der Waals surface area contributed by atoms with E-state index in [-0.39, 0.29) is 22.8 Å². The van der Waals surface area contributed by atoms with Crippen molar-refractivity contribution in [1.29, 1.82) is 0 Å². The van der Waals surface area contributed by atoms with Crippen LogP contribution < -0.4 is 0 Å². The lowest BCUT2D eigenvalue weighted by molar-refractivity contribution is 0.101. The summed E-state index contributed by atoms with van der Waals surface area (Å²) in [5, 5.41) is 9.60. The van der Waals surface area contributed by atoms with Gasteiger partial charge in [0.05, 0.1) is 11.3 Å². The van der Waals surface area contributed by atoms with Crippen LogP contribution in [0.2, 0.25) is 0 Å². The molecule has 2 rings (SSSR count). The van der Waals surface area contributed by atoms with Crippen LogP contribution >= 0.6 is 11.8 Å². The Morgan fingerprint density at radius 1 is 1.20 bits per heavy atom. The summed E-state index contributed by atoms with van der Waals surface area (Å²) in [6, 6.07) is 9.40. The zero-order valence-electron chi connectivity index (χ0n) is 11.3. The third kappa shape index (κ3) is 3.39. The predicted octanol–water partition coefficient (Wildman–Crippen LogP) is 4.12. The molecule has 0 atom stereocenters. The van der Waals surface area contributed by atoms with Crippen LogP contribution in [0, 0.1) is 19.7 Å². The standard InChI is InChI=1S/C16H15FO2S/c1-10-3-6-16(11(2)7-10)20-9-15(19)13-8-12(17)4-5-14(13)18/h3-8,18H,9H2,1-2H3. The number of halogens is 1. The van der Waals surface area contributed by atoms with Crippen LogP contribution in [0.3, 0.4) is 0 Å². The van der Waals surface area contributed by atoms with Crippen LogP contribution in [0.1, 0.15) is 21.5 Å². The van der Waals surface area contributed by atoms with Crippen molar-refractivity contribution in [2.24, 2.45) is 0 Å². The highest BCUT2D eigenvalue weighted by Gasteiger charge is 2.13. The van der Waals surface area contributed by atoms with Gasteiger partial charge in [0.1, 0.15) is 11.6 Å². The number of thioether (sulfide) groups is 1. The molecule has 0 bridgehead atoms. The Morgan fingerprint density at radius 2 is 1.95 bits per heavy atom. The molecule has 4 heteroatoms. The Labute approximate surface area is 121 Å². The van der Waals surface area contributed by atoms with Gasteiger partial charge in [0.25, 0.3) is 0 Å². The Balaban J connectivity index is 2.10.